The lowest BCUT2D eigenvalue weighted by atomic mass is 9.96. The van der Waals surface area contributed by atoms with Crippen molar-refractivity contribution in [2.75, 3.05) is 26.2 Å². The van der Waals surface area contributed by atoms with Crippen LogP contribution in [0.25, 0.3) is 9.81 Å². The van der Waals surface area contributed by atoms with Gasteiger partial charge in [0.2, 0.25) is 0 Å². The fourth-order valence-corrected chi connectivity index (χ4v) is 9.59. The predicted octanol–water partition coefficient (Wildman–Crippen LogP) is 8.42. The Bertz CT molecular complexity index is 1370. The summed E-state index contributed by atoms with van der Waals surface area (Å²) in [6.07, 6.45) is 0. The Morgan fingerprint density at radius 2 is 0.947 bits per heavy atom. The fraction of sp³-hybridized carbons (Fsp3) is 0.152. The average molecular weight is 535 g/mol. The Balaban J connectivity index is 1.30. The van der Waals surface area contributed by atoms with Gasteiger partial charge in [-0.1, -0.05) is 133 Å². The number of hydrogen-bond acceptors (Lipinski definition) is 3. The van der Waals surface area contributed by atoms with E-state index in [0.29, 0.717) is 0 Å². The van der Waals surface area contributed by atoms with Crippen LogP contribution in [0.2, 0.25) is 0 Å². The highest BCUT2D eigenvalue weighted by Crippen LogP contribution is 2.63. The Hall–Kier alpha value is -3.14. The van der Waals surface area contributed by atoms with Crippen molar-refractivity contribution in [2.24, 2.45) is 0 Å². The fourth-order valence-electron chi connectivity index (χ4n) is 5.35. The van der Waals surface area contributed by atoms with Crippen molar-refractivity contribution >= 4 is 28.9 Å². The first-order chi connectivity index (χ1) is 18.7. The maximum Gasteiger partial charge on any atom is 0.195 e. The number of rotatable bonds is 6. The van der Waals surface area contributed by atoms with Gasteiger partial charge in [0.05, 0.1) is 6.04 Å². The summed E-state index contributed by atoms with van der Waals surface area (Å²) in [6.45, 7) is 3.23. The largest absolute Gasteiger partial charge is 0.297 e. The second-order valence-electron chi connectivity index (χ2n) is 9.71. The smallest absolute Gasteiger partial charge is 0.195 e. The number of piperazine rings is 1. The molecule has 0 bridgehead atoms. The standard InChI is InChI=1S/C33H31N2OPS/c36-37(25-31(27-13-5-1-6-14-27)38-32(26-37)28-15-7-2-8-16-28)35-23-21-34(22-24-35)33(29-17-9-3-10-18-29)30-19-11-4-12-20-30/h1-20,25-26,33H,21-24H2. The SMILES string of the molecule is O=P1(N2CCN(C(c3ccccc3)c3ccccc3)CC2)C=C(c2ccccc2)SC(c2ccccc2)=C1. The lowest BCUT2D eigenvalue weighted by Gasteiger charge is -2.42. The van der Waals surface area contributed by atoms with Gasteiger partial charge in [-0.2, -0.15) is 0 Å². The summed E-state index contributed by atoms with van der Waals surface area (Å²) in [5, 5.41) is 0. The monoisotopic (exact) mass is 534 g/mol. The van der Waals surface area contributed by atoms with Crippen LogP contribution in [0.1, 0.15) is 28.3 Å². The van der Waals surface area contributed by atoms with Crippen molar-refractivity contribution in [2.45, 2.75) is 6.04 Å². The molecule has 0 amide bonds. The summed E-state index contributed by atoms with van der Waals surface area (Å²) in [7, 11) is -2.87. The molecule has 0 N–H and O–H groups in total. The van der Waals surface area contributed by atoms with Crippen LogP contribution in [-0.4, -0.2) is 35.7 Å². The molecule has 6 rings (SSSR count). The molecule has 4 aromatic rings. The van der Waals surface area contributed by atoms with Crippen LogP contribution in [0.15, 0.2) is 133 Å². The van der Waals surface area contributed by atoms with Crippen molar-refractivity contribution in [3.05, 3.63) is 155 Å². The van der Waals surface area contributed by atoms with Gasteiger partial charge in [0.1, 0.15) is 0 Å². The normalized spacial score (nSPS) is 18.1. The summed E-state index contributed by atoms with van der Waals surface area (Å²) < 4.78 is 16.9. The minimum absolute atomic E-state index is 0.188. The molecule has 3 nitrogen and oxygen atoms in total. The number of nitrogens with zero attached hydrogens (tertiary/aromatic N) is 2. The van der Waals surface area contributed by atoms with Gasteiger partial charge in [-0.05, 0) is 22.3 Å². The molecule has 2 aliphatic rings. The van der Waals surface area contributed by atoms with Crippen LogP contribution in [0.4, 0.5) is 0 Å². The second kappa shape index (κ2) is 11.3. The highest BCUT2D eigenvalue weighted by Gasteiger charge is 2.36. The van der Waals surface area contributed by atoms with E-state index in [0.717, 1.165) is 47.1 Å². The Morgan fingerprint density at radius 3 is 1.37 bits per heavy atom. The summed E-state index contributed by atoms with van der Waals surface area (Å²) >= 11 is 1.72. The van der Waals surface area contributed by atoms with Crippen LogP contribution in [0, 0.1) is 0 Å². The summed E-state index contributed by atoms with van der Waals surface area (Å²) in [5.74, 6) is 4.09. The van der Waals surface area contributed by atoms with E-state index in [-0.39, 0.29) is 6.04 Å². The van der Waals surface area contributed by atoms with E-state index in [1.807, 2.05) is 48.0 Å². The van der Waals surface area contributed by atoms with Crippen LogP contribution in [0.5, 0.6) is 0 Å². The van der Waals surface area contributed by atoms with Crippen LogP contribution < -0.4 is 0 Å². The third kappa shape index (κ3) is 5.36. The number of thioether (sulfide) groups is 1. The van der Waals surface area contributed by atoms with Gasteiger partial charge < -0.3 is 0 Å². The van der Waals surface area contributed by atoms with Gasteiger partial charge in [0.25, 0.3) is 0 Å². The second-order valence-corrected chi connectivity index (χ2v) is 13.2. The molecule has 190 valence electrons. The van der Waals surface area contributed by atoms with Gasteiger partial charge >= 0.3 is 0 Å². The molecule has 2 heterocycles. The van der Waals surface area contributed by atoms with Gasteiger partial charge in [-0.25, -0.2) is 4.67 Å². The molecule has 0 atom stereocenters. The Kier molecular flexibility index (Phi) is 7.49. The molecule has 1 fully saturated rings. The highest BCUT2D eigenvalue weighted by atomic mass is 32.2. The lowest BCUT2D eigenvalue weighted by Crippen LogP contribution is -2.46. The number of benzene rings is 4. The third-order valence-electron chi connectivity index (χ3n) is 7.27. The molecule has 2 aliphatic heterocycles. The van der Waals surface area contributed by atoms with Gasteiger partial charge in [-0.3, -0.25) is 9.46 Å². The van der Waals surface area contributed by atoms with E-state index in [2.05, 4.69) is 94.5 Å². The zero-order valence-electron chi connectivity index (χ0n) is 21.3. The minimum atomic E-state index is -2.87. The molecule has 0 unspecified atom stereocenters. The summed E-state index contributed by atoms with van der Waals surface area (Å²) in [6, 6.07) is 42.4. The molecule has 38 heavy (non-hydrogen) atoms. The van der Waals surface area contributed by atoms with E-state index in [1.54, 1.807) is 11.8 Å². The molecular formula is C33H31N2OPS. The van der Waals surface area contributed by atoms with Gasteiger partial charge in [0, 0.05) is 47.6 Å². The van der Waals surface area contributed by atoms with Gasteiger partial charge in [0.15, 0.2) is 7.29 Å². The van der Waals surface area contributed by atoms with Crippen molar-refractivity contribution < 1.29 is 4.57 Å². The highest BCUT2D eigenvalue weighted by molar-refractivity contribution is 8.17. The molecular weight excluding hydrogens is 503 g/mol. The van der Waals surface area contributed by atoms with Crippen molar-refractivity contribution in [3.8, 4) is 0 Å². The molecule has 4 aromatic carbocycles. The van der Waals surface area contributed by atoms with E-state index < -0.39 is 7.29 Å². The first-order valence-corrected chi connectivity index (χ1v) is 15.7. The maximum absolute atomic E-state index is 14.7. The van der Waals surface area contributed by atoms with Crippen LogP contribution in [-0.2, 0) is 4.57 Å². The average Bonchev–Trinajstić information content (AvgIpc) is 2.99. The molecule has 1 saturated heterocycles. The third-order valence-corrected chi connectivity index (χ3v) is 11.3. The molecule has 0 spiro atoms. The molecule has 0 aliphatic carbocycles. The van der Waals surface area contributed by atoms with Crippen LogP contribution in [0.3, 0.4) is 0 Å². The van der Waals surface area contributed by atoms with E-state index in [1.165, 1.54) is 11.1 Å². The zero-order chi connectivity index (χ0) is 25.8. The van der Waals surface area contributed by atoms with E-state index in [9.17, 15) is 4.57 Å². The van der Waals surface area contributed by atoms with Crippen LogP contribution >= 0.6 is 19.1 Å². The molecule has 0 aromatic heterocycles. The molecule has 0 saturated carbocycles. The lowest BCUT2D eigenvalue weighted by molar-refractivity contribution is 0.156. The Labute approximate surface area is 229 Å². The topological polar surface area (TPSA) is 23.6 Å². The summed E-state index contributed by atoms with van der Waals surface area (Å²) in [4.78, 5) is 4.68. The van der Waals surface area contributed by atoms with Crippen molar-refractivity contribution in [3.63, 3.8) is 0 Å². The predicted molar refractivity (Wildman–Crippen MR) is 162 cm³/mol. The van der Waals surface area contributed by atoms with E-state index >= 15 is 0 Å². The van der Waals surface area contributed by atoms with Crippen molar-refractivity contribution in [1.82, 2.24) is 9.57 Å². The maximum atomic E-state index is 14.7. The summed E-state index contributed by atoms with van der Waals surface area (Å²) in [5.41, 5.74) is 4.83. The molecule has 0 radical (unpaired) electrons. The van der Waals surface area contributed by atoms with Gasteiger partial charge in [-0.15, -0.1) is 0 Å². The first kappa shape index (κ1) is 25.2. The number of hydrogen-bond donors (Lipinski definition) is 0. The van der Waals surface area contributed by atoms with Crippen molar-refractivity contribution in [1.29, 1.82) is 0 Å². The van der Waals surface area contributed by atoms with E-state index in [4.69, 9.17) is 0 Å². The minimum Gasteiger partial charge on any atom is -0.297 e. The Morgan fingerprint density at radius 1 is 0.553 bits per heavy atom. The first-order valence-electron chi connectivity index (χ1n) is 13.1. The molecule has 5 heteroatoms. The quantitative estimate of drug-likeness (QED) is 0.232. The zero-order valence-corrected chi connectivity index (χ0v) is 23.0.